The van der Waals surface area contributed by atoms with Gasteiger partial charge in [-0.3, -0.25) is 4.79 Å². The molecule has 0 unspecified atom stereocenters. The molecular formula is C19H18ClN3OS. The number of thiazole rings is 1. The second-order valence-corrected chi connectivity index (χ2v) is 7.20. The molecule has 0 radical (unpaired) electrons. The van der Waals surface area contributed by atoms with E-state index in [1.165, 1.54) is 16.9 Å². The number of halogens is 1. The van der Waals surface area contributed by atoms with Crippen LogP contribution in [-0.4, -0.2) is 17.4 Å². The smallest absolute Gasteiger partial charge is 0.251 e. The highest BCUT2D eigenvalue weighted by molar-refractivity contribution is 7.15. The summed E-state index contributed by atoms with van der Waals surface area (Å²) in [5, 5.41) is 6.23. The molecule has 2 N–H and O–H groups in total. The standard InChI is InChI=1S/C19H18ClN3OS/c20-19-23-13-17(25-19)12-22-16-8-6-15(7-9-16)18(24)21-11-10-14-4-2-1-3-5-14/h1-9,13,22H,10-12H2,(H,21,24). The molecule has 2 aromatic carbocycles. The van der Waals surface area contributed by atoms with Gasteiger partial charge in [0.2, 0.25) is 0 Å². The molecule has 4 nitrogen and oxygen atoms in total. The molecule has 128 valence electrons. The molecule has 0 spiro atoms. The van der Waals surface area contributed by atoms with Gasteiger partial charge in [-0.15, -0.1) is 11.3 Å². The Hall–Kier alpha value is -2.37. The third kappa shape index (κ3) is 5.31. The molecule has 0 fully saturated rings. The minimum absolute atomic E-state index is 0.0586. The van der Waals surface area contributed by atoms with Crippen LogP contribution in [0.15, 0.2) is 60.8 Å². The second kappa shape index (κ2) is 8.65. The molecule has 0 saturated heterocycles. The first-order valence-corrected chi connectivity index (χ1v) is 9.16. The Labute approximate surface area is 155 Å². The van der Waals surface area contributed by atoms with Crippen molar-refractivity contribution >= 4 is 34.5 Å². The van der Waals surface area contributed by atoms with E-state index in [9.17, 15) is 4.79 Å². The molecule has 25 heavy (non-hydrogen) atoms. The van der Waals surface area contributed by atoms with E-state index in [1.807, 2.05) is 42.5 Å². The third-order valence-corrected chi connectivity index (χ3v) is 4.80. The third-order valence-electron chi connectivity index (χ3n) is 3.68. The van der Waals surface area contributed by atoms with Crippen molar-refractivity contribution in [2.45, 2.75) is 13.0 Å². The van der Waals surface area contributed by atoms with Crippen LogP contribution < -0.4 is 10.6 Å². The summed E-state index contributed by atoms with van der Waals surface area (Å²) in [4.78, 5) is 17.2. The zero-order chi connectivity index (χ0) is 17.5. The summed E-state index contributed by atoms with van der Waals surface area (Å²) in [6, 6.07) is 17.5. The van der Waals surface area contributed by atoms with Crippen LogP contribution in [0.25, 0.3) is 0 Å². The fourth-order valence-corrected chi connectivity index (χ4v) is 3.28. The van der Waals surface area contributed by atoms with Crippen LogP contribution >= 0.6 is 22.9 Å². The van der Waals surface area contributed by atoms with Gasteiger partial charge >= 0.3 is 0 Å². The van der Waals surface area contributed by atoms with Crippen LogP contribution in [-0.2, 0) is 13.0 Å². The number of nitrogens with zero attached hydrogens (tertiary/aromatic N) is 1. The number of nitrogens with one attached hydrogen (secondary N) is 2. The maximum Gasteiger partial charge on any atom is 0.251 e. The van der Waals surface area contributed by atoms with Crippen LogP contribution in [0.5, 0.6) is 0 Å². The molecular weight excluding hydrogens is 354 g/mol. The van der Waals surface area contributed by atoms with E-state index in [-0.39, 0.29) is 5.91 Å². The highest BCUT2D eigenvalue weighted by atomic mass is 35.5. The minimum Gasteiger partial charge on any atom is -0.380 e. The predicted molar refractivity (Wildman–Crippen MR) is 103 cm³/mol. The van der Waals surface area contributed by atoms with Crippen molar-refractivity contribution in [3.05, 3.63) is 81.3 Å². The van der Waals surface area contributed by atoms with Gasteiger partial charge in [-0.25, -0.2) is 4.98 Å². The Morgan fingerprint density at radius 3 is 2.52 bits per heavy atom. The highest BCUT2D eigenvalue weighted by Gasteiger charge is 2.05. The average Bonchev–Trinajstić information content (AvgIpc) is 3.06. The lowest BCUT2D eigenvalue weighted by Gasteiger charge is -2.08. The summed E-state index contributed by atoms with van der Waals surface area (Å²) >= 11 is 7.26. The normalized spacial score (nSPS) is 10.4. The number of anilines is 1. The minimum atomic E-state index is -0.0586. The van der Waals surface area contributed by atoms with Gasteiger partial charge in [0, 0.05) is 28.9 Å². The van der Waals surface area contributed by atoms with Gasteiger partial charge in [0.05, 0.1) is 6.54 Å². The number of rotatable bonds is 7. The molecule has 3 aromatic rings. The molecule has 0 aliphatic heterocycles. The molecule has 0 saturated carbocycles. The van der Waals surface area contributed by atoms with Gasteiger partial charge in [-0.1, -0.05) is 41.9 Å². The van der Waals surface area contributed by atoms with Crippen LogP contribution in [0.2, 0.25) is 4.47 Å². The van der Waals surface area contributed by atoms with Crippen LogP contribution in [0.4, 0.5) is 5.69 Å². The van der Waals surface area contributed by atoms with Gasteiger partial charge in [-0.2, -0.15) is 0 Å². The lowest BCUT2D eigenvalue weighted by atomic mass is 10.1. The largest absolute Gasteiger partial charge is 0.380 e. The number of carbonyl (C=O) groups is 1. The van der Waals surface area contributed by atoms with E-state index in [2.05, 4.69) is 27.8 Å². The quantitative estimate of drug-likeness (QED) is 0.648. The Morgan fingerprint density at radius 2 is 1.84 bits per heavy atom. The van der Waals surface area contributed by atoms with Crippen molar-refractivity contribution in [2.24, 2.45) is 0 Å². The van der Waals surface area contributed by atoms with Crippen molar-refractivity contribution in [1.82, 2.24) is 10.3 Å². The molecule has 1 heterocycles. The van der Waals surface area contributed by atoms with Crippen molar-refractivity contribution in [2.75, 3.05) is 11.9 Å². The van der Waals surface area contributed by atoms with Gasteiger partial charge in [0.15, 0.2) is 4.47 Å². The number of hydrogen-bond donors (Lipinski definition) is 2. The van der Waals surface area contributed by atoms with Crippen molar-refractivity contribution in [1.29, 1.82) is 0 Å². The van der Waals surface area contributed by atoms with Gasteiger partial charge < -0.3 is 10.6 Å². The number of hydrogen-bond acceptors (Lipinski definition) is 4. The zero-order valence-corrected chi connectivity index (χ0v) is 15.1. The average molecular weight is 372 g/mol. The number of amides is 1. The second-order valence-electron chi connectivity index (χ2n) is 5.50. The van der Waals surface area contributed by atoms with E-state index in [0.717, 1.165) is 17.0 Å². The van der Waals surface area contributed by atoms with Crippen molar-refractivity contribution < 1.29 is 4.79 Å². The molecule has 0 bridgehead atoms. The zero-order valence-electron chi connectivity index (χ0n) is 13.5. The number of carbonyl (C=O) groups excluding carboxylic acids is 1. The van der Waals surface area contributed by atoms with E-state index < -0.39 is 0 Å². The van der Waals surface area contributed by atoms with E-state index >= 15 is 0 Å². The fraction of sp³-hybridized carbons (Fsp3) is 0.158. The first kappa shape index (κ1) is 17.5. The van der Waals surface area contributed by atoms with Crippen LogP contribution in [0, 0.1) is 0 Å². The first-order chi connectivity index (χ1) is 12.2. The summed E-state index contributed by atoms with van der Waals surface area (Å²) < 4.78 is 0.541. The van der Waals surface area contributed by atoms with Crippen molar-refractivity contribution in [3.63, 3.8) is 0 Å². The highest BCUT2D eigenvalue weighted by Crippen LogP contribution is 2.19. The van der Waals surface area contributed by atoms with E-state index in [0.29, 0.717) is 23.1 Å². The lowest BCUT2D eigenvalue weighted by molar-refractivity contribution is 0.0954. The molecule has 1 amide bonds. The van der Waals surface area contributed by atoms with Gasteiger partial charge in [0.25, 0.3) is 5.91 Å². The van der Waals surface area contributed by atoms with Crippen LogP contribution in [0.3, 0.4) is 0 Å². The van der Waals surface area contributed by atoms with Crippen LogP contribution in [0.1, 0.15) is 20.8 Å². The molecule has 1 aromatic heterocycles. The Bertz CT molecular complexity index is 818. The summed E-state index contributed by atoms with van der Waals surface area (Å²) in [6.45, 7) is 1.28. The molecule has 0 atom stereocenters. The Balaban J connectivity index is 1.46. The topological polar surface area (TPSA) is 54.0 Å². The maximum absolute atomic E-state index is 12.2. The SMILES string of the molecule is O=C(NCCc1ccccc1)c1ccc(NCc2cnc(Cl)s2)cc1. The Morgan fingerprint density at radius 1 is 1.08 bits per heavy atom. The number of benzene rings is 2. The Kier molecular flexibility index (Phi) is 6.04. The fourth-order valence-electron chi connectivity index (χ4n) is 2.36. The van der Waals surface area contributed by atoms with Crippen molar-refractivity contribution in [3.8, 4) is 0 Å². The van der Waals surface area contributed by atoms with E-state index in [1.54, 1.807) is 6.20 Å². The van der Waals surface area contributed by atoms with E-state index in [4.69, 9.17) is 11.6 Å². The van der Waals surface area contributed by atoms with Gasteiger partial charge in [0.1, 0.15) is 0 Å². The molecule has 3 rings (SSSR count). The molecule has 0 aliphatic rings. The summed E-state index contributed by atoms with van der Waals surface area (Å²) in [5.74, 6) is -0.0586. The maximum atomic E-state index is 12.2. The summed E-state index contributed by atoms with van der Waals surface area (Å²) in [5.41, 5.74) is 2.82. The lowest BCUT2D eigenvalue weighted by Crippen LogP contribution is -2.25. The van der Waals surface area contributed by atoms with Gasteiger partial charge in [-0.05, 0) is 36.2 Å². The first-order valence-electron chi connectivity index (χ1n) is 7.97. The molecule has 6 heteroatoms. The molecule has 0 aliphatic carbocycles. The monoisotopic (exact) mass is 371 g/mol. The predicted octanol–water partition coefficient (Wildman–Crippen LogP) is 4.38. The number of aromatic nitrogens is 1. The summed E-state index contributed by atoms with van der Waals surface area (Å²) in [7, 11) is 0. The summed E-state index contributed by atoms with van der Waals surface area (Å²) in [6.07, 6.45) is 2.58.